The Labute approximate surface area is 172 Å². The number of nitrogens with one attached hydrogen (secondary N) is 2. The minimum atomic E-state index is -0.193. The van der Waals surface area contributed by atoms with Crippen LogP contribution in [0.15, 0.2) is 54.6 Å². The van der Waals surface area contributed by atoms with Crippen LogP contribution in [0.3, 0.4) is 0 Å². The summed E-state index contributed by atoms with van der Waals surface area (Å²) in [7, 11) is 0. The second-order valence-corrected chi connectivity index (χ2v) is 7.63. The Kier molecular flexibility index (Phi) is 7.85. The second kappa shape index (κ2) is 10.8. The molecule has 4 nitrogen and oxygen atoms in total. The molecule has 148 valence electrons. The van der Waals surface area contributed by atoms with Crippen molar-refractivity contribution in [1.29, 1.82) is 0 Å². The normalized spacial score (nSPS) is 14.7. The maximum absolute atomic E-state index is 12.4. The van der Waals surface area contributed by atoms with Crippen molar-refractivity contribution in [1.82, 2.24) is 10.6 Å². The van der Waals surface area contributed by atoms with E-state index >= 15 is 0 Å². The van der Waals surface area contributed by atoms with Crippen LogP contribution in [0.2, 0.25) is 0 Å². The predicted molar refractivity (Wildman–Crippen MR) is 117 cm³/mol. The van der Waals surface area contributed by atoms with Crippen LogP contribution < -0.4 is 15.4 Å². The topological polar surface area (TPSA) is 50.4 Å². The van der Waals surface area contributed by atoms with Crippen molar-refractivity contribution >= 4 is 23.2 Å². The van der Waals surface area contributed by atoms with E-state index in [2.05, 4.69) is 22.8 Å². The molecule has 0 atom stereocenters. The van der Waals surface area contributed by atoms with Crippen LogP contribution >= 0.6 is 12.2 Å². The molecule has 0 aromatic heterocycles. The Hall–Kier alpha value is -2.40. The first-order valence-electron chi connectivity index (χ1n) is 10.1. The Balaban J connectivity index is 1.43. The minimum absolute atomic E-state index is 0.193. The van der Waals surface area contributed by atoms with Crippen molar-refractivity contribution in [2.24, 2.45) is 0 Å². The van der Waals surface area contributed by atoms with E-state index in [1.165, 1.54) is 31.2 Å². The molecule has 0 bridgehead atoms. The number of hydrogen-bond acceptors (Lipinski definition) is 3. The van der Waals surface area contributed by atoms with E-state index in [9.17, 15) is 4.79 Å². The van der Waals surface area contributed by atoms with Gasteiger partial charge in [0.1, 0.15) is 5.75 Å². The van der Waals surface area contributed by atoms with Gasteiger partial charge in [0.25, 0.3) is 5.91 Å². The fraction of sp³-hybridized carbons (Fsp3) is 0.391. The summed E-state index contributed by atoms with van der Waals surface area (Å²) in [4.78, 5) is 12.4. The number of thiocarbonyl (C=S) groups is 1. The standard InChI is InChI=1S/C23H28N2O2S/c26-22(25-23(28)24-20-10-6-1-2-7-11-20)19-12-14-21(15-13-19)27-17-16-18-8-4-3-5-9-18/h3-5,8-9,12-15,20H,1-2,6-7,10-11,16-17H2,(H2,24,25,26,28). The van der Waals surface area contributed by atoms with Gasteiger partial charge in [0.05, 0.1) is 6.61 Å². The summed E-state index contributed by atoms with van der Waals surface area (Å²) in [5.41, 5.74) is 1.81. The summed E-state index contributed by atoms with van der Waals surface area (Å²) >= 11 is 5.32. The predicted octanol–water partition coefficient (Wildman–Crippen LogP) is 4.64. The first-order valence-corrected chi connectivity index (χ1v) is 10.5. The van der Waals surface area contributed by atoms with E-state index in [1.54, 1.807) is 12.1 Å². The van der Waals surface area contributed by atoms with E-state index in [4.69, 9.17) is 17.0 Å². The molecular weight excluding hydrogens is 368 g/mol. The summed E-state index contributed by atoms with van der Waals surface area (Å²) < 4.78 is 5.77. The summed E-state index contributed by atoms with van der Waals surface area (Å²) in [6.45, 7) is 0.602. The molecule has 0 aliphatic heterocycles. The molecule has 2 aromatic rings. The lowest BCUT2D eigenvalue weighted by atomic mass is 10.1. The SMILES string of the molecule is O=C(NC(=S)NC1CCCCCC1)c1ccc(OCCc2ccccc2)cc1. The number of benzene rings is 2. The molecule has 2 aromatic carbocycles. The molecule has 1 saturated carbocycles. The second-order valence-electron chi connectivity index (χ2n) is 7.22. The molecule has 1 fully saturated rings. The average molecular weight is 397 g/mol. The summed E-state index contributed by atoms with van der Waals surface area (Å²) in [6.07, 6.45) is 8.11. The van der Waals surface area contributed by atoms with Gasteiger partial charge in [-0.2, -0.15) is 0 Å². The van der Waals surface area contributed by atoms with Crippen LogP contribution in [0.4, 0.5) is 0 Å². The molecule has 1 aliphatic carbocycles. The first-order chi connectivity index (χ1) is 13.7. The highest BCUT2D eigenvalue weighted by molar-refractivity contribution is 7.80. The number of carbonyl (C=O) groups excluding carboxylic acids is 1. The Morgan fingerprint density at radius 3 is 2.32 bits per heavy atom. The molecule has 0 radical (unpaired) electrons. The molecule has 0 saturated heterocycles. The van der Waals surface area contributed by atoms with Crippen molar-refractivity contribution in [3.63, 3.8) is 0 Å². The van der Waals surface area contributed by atoms with Crippen molar-refractivity contribution in [2.45, 2.75) is 51.0 Å². The smallest absolute Gasteiger partial charge is 0.257 e. The van der Waals surface area contributed by atoms with Crippen LogP contribution in [0.1, 0.15) is 54.4 Å². The number of hydrogen-bond donors (Lipinski definition) is 2. The van der Waals surface area contributed by atoms with E-state index in [1.807, 2.05) is 30.3 Å². The van der Waals surface area contributed by atoms with Crippen molar-refractivity contribution in [3.8, 4) is 5.75 Å². The number of ether oxygens (including phenoxy) is 1. The molecule has 28 heavy (non-hydrogen) atoms. The number of rotatable bonds is 6. The van der Waals surface area contributed by atoms with Gasteiger partial charge in [0.2, 0.25) is 0 Å². The van der Waals surface area contributed by atoms with E-state index in [-0.39, 0.29) is 5.91 Å². The zero-order chi connectivity index (χ0) is 19.6. The Morgan fingerprint density at radius 2 is 1.64 bits per heavy atom. The maximum Gasteiger partial charge on any atom is 0.257 e. The van der Waals surface area contributed by atoms with Gasteiger partial charge in [-0.1, -0.05) is 56.0 Å². The fourth-order valence-electron chi connectivity index (χ4n) is 3.45. The van der Waals surface area contributed by atoms with Crippen LogP contribution in [-0.2, 0) is 6.42 Å². The van der Waals surface area contributed by atoms with E-state index in [0.717, 1.165) is 25.0 Å². The molecule has 0 unspecified atom stereocenters. The van der Waals surface area contributed by atoms with Gasteiger partial charge in [0, 0.05) is 18.0 Å². The highest BCUT2D eigenvalue weighted by atomic mass is 32.1. The zero-order valence-electron chi connectivity index (χ0n) is 16.2. The molecule has 1 aliphatic rings. The van der Waals surface area contributed by atoms with Gasteiger partial charge >= 0.3 is 0 Å². The van der Waals surface area contributed by atoms with Crippen molar-refractivity contribution in [2.75, 3.05) is 6.61 Å². The third-order valence-corrected chi connectivity index (χ3v) is 5.26. The molecule has 0 heterocycles. The highest BCUT2D eigenvalue weighted by Gasteiger charge is 2.14. The van der Waals surface area contributed by atoms with Gasteiger partial charge in [0.15, 0.2) is 5.11 Å². The summed E-state index contributed by atoms with van der Waals surface area (Å²) in [6, 6.07) is 17.8. The van der Waals surface area contributed by atoms with Gasteiger partial charge in [-0.25, -0.2) is 0 Å². The van der Waals surface area contributed by atoms with Gasteiger partial charge in [-0.3, -0.25) is 10.1 Å². The fourth-order valence-corrected chi connectivity index (χ4v) is 3.71. The zero-order valence-corrected chi connectivity index (χ0v) is 17.0. The average Bonchev–Trinajstić information content (AvgIpc) is 2.98. The molecule has 3 rings (SSSR count). The number of carbonyl (C=O) groups is 1. The lowest BCUT2D eigenvalue weighted by molar-refractivity contribution is 0.0976. The third-order valence-electron chi connectivity index (χ3n) is 5.04. The number of amides is 1. The monoisotopic (exact) mass is 396 g/mol. The molecule has 1 amide bonds. The molecule has 2 N–H and O–H groups in total. The minimum Gasteiger partial charge on any atom is -0.493 e. The maximum atomic E-state index is 12.4. The van der Waals surface area contributed by atoms with Crippen LogP contribution in [0.25, 0.3) is 0 Å². The van der Waals surface area contributed by atoms with Crippen molar-refractivity contribution in [3.05, 3.63) is 65.7 Å². The summed E-state index contributed by atoms with van der Waals surface area (Å²) in [5, 5.41) is 6.49. The van der Waals surface area contributed by atoms with Gasteiger partial charge < -0.3 is 10.1 Å². The van der Waals surface area contributed by atoms with Crippen LogP contribution in [0, 0.1) is 0 Å². The Bertz CT molecular complexity index is 754. The van der Waals surface area contributed by atoms with E-state index < -0.39 is 0 Å². The lowest BCUT2D eigenvalue weighted by Gasteiger charge is -2.18. The molecular formula is C23H28N2O2S. The first kappa shape index (κ1) is 20.3. The largest absolute Gasteiger partial charge is 0.493 e. The van der Waals surface area contributed by atoms with Crippen LogP contribution in [-0.4, -0.2) is 23.7 Å². The van der Waals surface area contributed by atoms with E-state index in [0.29, 0.717) is 23.3 Å². The Morgan fingerprint density at radius 1 is 0.964 bits per heavy atom. The van der Waals surface area contributed by atoms with Gasteiger partial charge in [-0.05, 0) is 54.9 Å². The molecule has 0 spiro atoms. The summed E-state index contributed by atoms with van der Waals surface area (Å²) in [5.74, 6) is 0.564. The highest BCUT2D eigenvalue weighted by Crippen LogP contribution is 2.17. The van der Waals surface area contributed by atoms with Gasteiger partial charge in [-0.15, -0.1) is 0 Å². The quantitative estimate of drug-likeness (QED) is 0.552. The lowest BCUT2D eigenvalue weighted by Crippen LogP contribution is -2.44. The van der Waals surface area contributed by atoms with Crippen LogP contribution in [0.5, 0.6) is 5.75 Å². The third kappa shape index (κ3) is 6.64. The molecule has 5 heteroatoms. The van der Waals surface area contributed by atoms with Crippen molar-refractivity contribution < 1.29 is 9.53 Å².